The van der Waals surface area contributed by atoms with Gasteiger partial charge in [-0.1, -0.05) is 45.8 Å². The molecule has 0 aliphatic rings. The van der Waals surface area contributed by atoms with E-state index >= 15 is 0 Å². The van der Waals surface area contributed by atoms with Gasteiger partial charge in [-0.25, -0.2) is 0 Å². The van der Waals surface area contributed by atoms with Gasteiger partial charge in [0.25, 0.3) is 0 Å². The number of ketones is 1. The number of allylic oxidation sites excluding steroid dienone is 1. The van der Waals surface area contributed by atoms with Crippen molar-refractivity contribution in [3.05, 3.63) is 41.0 Å². The predicted molar refractivity (Wildman–Crippen MR) is 63.6 cm³/mol. The minimum absolute atomic E-state index is 0.113. The van der Waals surface area contributed by atoms with Crippen LogP contribution in [0.1, 0.15) is 18.1 Å². The van der Waals surface area contributed by atoms with E-state index in [9.17, 15) is 4.79 Å². The second-order valence-electron chi connectivity index (χ2n) is 3.27. The van der Waals surface area contributed by atoms with E-state index in [1.54, 1.807) is 6.92 Å². The lowest BCUT2D eigenvalue weighted by Crippen LogP contribution is -1.97. The molecule has 0 aliphatic heterocycles. The van der Waals surface area contributed by atoms with Gasteiger partial charge in [0.15, 0.2) is 5.78 Å². The Labute approximate surface area is 93.0 Å². The number of alkyl halides is 1. The van der Waals surface area contributed by atoms with Crippen molar-refractivity contribution in [2.75, 3.05) is 5.33 Å². The summed E-state index contributed by atoms with van der Waals surface area (Å²) in [5.41, 5.74) is 3.10. The van der Waals surface area contributed by atoms with Crippen molar-refractivity contribution >= 4 is 27.8 Å². The van der Waals surface area contributed by atoms with Gasteiger partial charge in [-0.2, -0.15) is 0 Å². The van der Waals surface area contributed by atoms with Crippen molar-refractivity contribution in [3.63, 3.8) is 0 Å². The number of carbonyl (C=O) groups is 1. The molecule has 0 atom stereocenters. The average Bonchev–Trinajstić information content (AvgIpc) is 2.16. The fraction of sp³-hybridized carbons (Fsp3) is 0.250. The van der Waals surface area contributed by atoms with Crippen LogP contribution in [0.5, 0.6) is 0 Å². The van der Waals surface area contributed by atoms with E-state index in [1.165, 1.54) is 5.56 Å². The topological polar surface area (TPSA) is 17.1 Å². The molecule has 1 nitrogen and oxygen atoms in total. The average molecular weight is 253 g/mol. The second kappa shape index (κ2) is 5.11. The summed E-state index contributed by atoms with van der Waals surface area (Å²) in [7, 11) is 0. The summed E-state index contributed by atoms with van der Waals surface area (Å²) < 4.78 is 0. The van der Waals surface area contributed by atoms with E-state index in [2.05, 4.69) is 15.9 Å². The molecule has 0 unspecified atom stereocenters. The van der Waals surface area contributed by atoms with E-state index in [0.29, 0.717) is 5.33 Å². The molecule has 1 aromatic carbocycles. The number of rotatable bonds is 3. The van der Waals surface area contributed by atoms with Crippen LogP contribution in [0.4, 0.5) is 0 Å². The molecule has 1 rings (SSSR count). The highest BCUT2D eigenvalue weighted by molar-refractivity contribution is 9.09. The van der Waals surface area contributed by atoms with Gasteiger partial charge in [-0.05, 0) is 25.5 Å². The Bertz CT molecular complexity index is 349. The predicted octanol–water partition coefficient (Wildman–Crippen LogP) is 3.36. The number of aryl methyl sites for hydroxylation is 1. The first-order chi connectivity index (χ1) is 6.63. The van der Waals surface area contributed by atoms with Gasteiger partial charge in [0.2, 0.25) is 0 Å². The van der Waals surface area contributed by atoms with Crippen LogP contribution < -0.4 is 0 Å². The maximum Gasteiger partial charge on any atom is 0.156 e. The van der Waals surface area contributed by atoms with E-state index in [4.69, 9.17) is 0 Å². The Kier molecular flexibility index (Phi) is 4.08. The second-order valence-corrected chi connectivity index (χ2v) is 3.83. The normalized spacial score (nSPS) is 11.5. The minimum Gasteiger partial charge on any atom is -0.295 e. The molecule has 74 valence electrons. The van der Waals surface area contributed by atoms with Crippen LogP contribution in [-0.2, 0) is 4.79 Å². The third-order valence-electron chi connectivity index (χ3n) is 2.01. The molecule has 2 heteroatoms. The first-order valence-corrected chi connectivity index (χ1v) is 5.60. The van der Waals surface area contributed by atoms with Gasteiger partial charge < -0.3 is 0 Å². The number of benzene rings is 1. The lowest BCUT2D eigenvalue weighted by atomic mass is 10.1. The van der Waals surface area contributed by atoms with Gasteiger partial charge >= 0.3 is 0 Å². The first kappa shape index (κ1) is 11.2. The molecule has 0 saturated carbocycles. The first-order valence-electron chi connectivity index (χ1n) is 4.47. The fourth-order valence-corrected chi connectivity index (χ4v) is 1.65. The third-order valence-corrected chi connectivity index (χ3v) is 2.62. The molecule has 14 heavy (non-hydrogen) atoms. The fourth-order valence-electron chi connectivity index (χ4n) is 1.10. The van der Waals surface area contributed by atoms with Crippen LogP contribution in [-0.4, -0.2) is 11.1 Å². The van der Waals surface area contributed by atoms with Gasteiger partial charge in [-0.15, -0.1) is 0 Å². The molecular formula is C12H13BrO. The lowest BCUT2D eigenvalue weighted by Gasteiger charge is -1.99. The summed E-state index contributed by atoms with van der Waals surface area (Å²) in [6, 6.07) is 8.11. The summed E-state index contributed by atoms with van der Waals surface area (Å²) >= 11 is 3.30. The quantitative estimate of drug-likeness (QED) is 0.596. The van der Waals surface area contributed by atoms with Crippen LogP contribution >= 0.6 is 15.9 Å². The number of hydrogen-bond acceptors (Lipinski definition) is 1. The smallest absolute Gasteiger partial charge is 0.156 e. The molecule has 0 N–H and O–H groups in total. The summed E-state index contributed by atoms with van der Waals surface area (Å²) in [4.78, 5) is 11.1. The molecule has 0 spiro atoms. The van der Waals surface area contributed by atoms with Crippen molar-refractivity contribution in [2.24, 2.45) is 0 Å². The van der Waals surface area contributed by atoms with Gasteiger partial charge in [-0.3, -0.25) is 4.79 Å². The highest BCUT2D eigenvalue weighted by Crippen LogP contribution is 2.11. The largest absolute Gasteiger partial charge is 0.295 e. The summed E-state index contributed by atoms with van der Waals surface area (Å²) in [5.74, 6) is 0.113. The highest BCUT2D eigenvalue weighted by Gasteiger charge is 2.01. The zero-order chi connectivity index (χ0) is 10.6. The molecule has 0 fully saturated rings. The van der Waals surface area contributed by atoms with Crippen molar-refractivity contribution in [3.8, 4) is 0 Å². The van der Waals surface area contributed by atoms with E-state index in [-0.39, 0.29) is 5.78 Å². The van der Waals surface area contributed by atoms with Crippen LogP contribution in [0, 0.1) is 6.92 Å². The van der Waals surface area contributed by atoms with Gasteiger partial charge in [0, 0.05) is 10.9 Å². The number of halogens is 1. The summed E-state index contributed by atoms with van der Waals surface area (Å²) in [6.07, 6.45) is 1.91. The Hall–Kier alpha value is -0.890. The van der Waals surface area contributed by atoms with E-state index < -0.39 is 0 Å². The minimum atomic E-state index is 0.113. The maximum absolute atomic E-state index is 11.1. The van der Waals surface area contributed by atoms with Crippen LogP contribution in [0.3, 0.4) is 0 Å². The standard InChI is InChI=1S/C12H13BrO/c1-9-3-5-11(6-4-9)7-12(8-13)10(2)14/h3-7H,8H2,1-2H3/b12-7-. The van der Waals surface area contributed by atoms with Crippen LogP contribution in [0.15, 0.2) is 29.8 Å². The highest BCUT2D eigenvalue weighted by atomic mass is 79.9. The monoisotopic (exact) mass is 252 g/mol. The summed E-state index contributed by atoms with van der Waals surface area (Å²) in [6.45, 7) is 3.63. The van der Waals surface area contributed by atoms with E-state index in [0.717, 1.165) is 11.1 Å². The number of carbonyl (C=O) groups excluding carboxylic acids is 1. The third kappa shape index (κ3) is 3.11. The molecular weight excluding hydrogens is 240 g/mol. The molecule has 0 bridgehead atoms. The molecule has 0 aromatic heterocycles. The van der Waals surface area contributed by atoms with Crippen molar-refractivity contribution in [1.82, 2.24) is 0 Å². The Morgan fingerprint density at radius 3 is 2.36 bits per heavy atom. The SMILES string of the molecule is CC(=O)/C(=C\c1ccc(C)cc1)CBr. The van der Waals surface area contributed by atoms with Crippen molar-refractivity contribution in [1.29, 1.82) is 0 Å². The van der Waals surface area contributed by atoms with Crippen molar-refractivity contribution in [2.45, 2.75) is 13.8 Å². The van der Waals surface area contributed by atoms with Crippen LogP contribution in [0.2, 0.25) is 0 Å². The number of hydrogen-bond donors (Lipinski definition) is 0. The maximum atomic E-state index is 11.1. The molecule has 1 aromatic rings. The number of Topliss-reactive ketones (excluding diaryl/α,β-unsaturated/α-hetero) is 1. The zero-order valence-corrected chi connectivity index (χ0v) is 9.97. The Balaban J connectivity index is 2.95. The molecule has 0 saturated heterocycles. The summed E-state index contributed by atoms with van der Waals surface area (Å²) in [5, 5.41) is 0.607. The van der Waals surface area contributed by atoms with Gasteiger partial charge in [0.1, 0.15) is 0 Å². The molecule has 0 aliphatic carbocycles. The Morgan fingerprint density at radius 2 is 1.93 bits per heavy atom. The molecule has 0 heterocycles. The van der Waals surface area contributed by atoms with E-state index in [1.807, 2.05) is 37.3 Å². The van der Waals surface area contributed by atoms with Gasteiger partial charge in [0.05, 0.1) is 0 Å². The lowest BCUT2D eigenvalue weighted by molar-refractivity contribution is -0.113. The Morgan fingerprint density at radius 1 is 1.36 bits per heavy atom. The zero-order valence-electron chi connectivity index (χ0n) is 8.38. The van der Waals surface area contributed by atoms with Crippen molar-refractivity contribution < 1.29 is 4.79 Å². The molecule has 0 radical (unpaired) electrons. The van der Waals surface area contributed by atoms with Crippen LogP contribution in [0.25, 0.3) is 6.08 Å². The molecule has 0 amide bonds.